The van der Waals surface area contributed by atoms with Gasteiger partial charge in [-0.25, -0.2) is 0 Å². The molecule has 0 bridgehead atoms. The SMILES string of the molecule is CC1(C)c2ccccc2N(c2ccc(-c3ccc4c5c(cccc35)-c3nccnc3-4)c3ccccc23)c2ccccc21. The maximum Gasteiger partial charge on any atom is 0.0971 e. The van der Waals surface area contributed by atoms with Gasteiger partial charge >= 0.3 is 0 Å². The molecule has 1 aliphatic heterocycles. The van der Waals surface area contributed by atoms with E-state index in [0.717, 1.165) is 22.5 Å². The Labute approximate surface area is 244 Å². The number of anilines is 3. The molecule has 7 aromatic rings. The lowest BCUT2D eigenvalue weighted by atomic mass is 9.73. The van der Waals surface area contributed by atoms with Gasteiger partial charge < -0.3 is 4.90 Å². The molecule has 1 aromatic heterocycles. The van der Waals surface area contributed by atoms with E-state index in [1.54, 1.807) is 12.4 Å². The molecule has 6 aromatic carbocycles. The summed E-state index contributed by atoms with van der Waals surface area (Å²) < 4.78 is 0. The molecule has 0 atom stereocenters. The lowest BCUT2D eigenvalue weighted by molar-refractivity contribution is 0.632. The number of hydrogen-bond acceptors (Lipinski definition) is 3. The van der Waals surface area contributed by atoms with E-state index in [0.29, 0.717) is 0 Å². The van der Waals surface area contributed by atoms with Gasteiger partial charge in [0.05, 0.1) is 28.5 Å². The first-order valence-corrected chi connectivity index (χ1v) is 14.5. The molecule has 0 saturated carbocycles. The normalized spacial score (nSPS) is 14.1. The van der Waals surface area contributed by atoms with E-state index in [1.807, 2.05) is 0 Å². The molecule has 1 aliphatic carbocycles. The Hall–Kier alpha value is -5.28. The van der Waals surface area contributed by atoms with E-state index in [4.69, 9.17) is 9.97 Å². The van der Waals surface area contributed by atoms with Crippen LogP contribution < -0.4 is 4.90 Å². The van der Waals surface area contributed by atoms with Gasteiger partial charge in [-0.3, -0.25) is 9.97 Å². The van der Waals surface area contributed by atoms with Crippen molar-refractivity contribution in [2.24, 2.45) is 0 Å². The van der Waals surface area contributed by atoms with Gasteiger partial charge in [-0.2, -0.15) is 0 Å². The first-order valence-electron chi connectivity index (χ1n) is 14.5. The Bertz CT molecular complexity index is 2170. The summed E-state index contributed by atoms with van der Waals surface area (Å²) in [6.45, 7) is 4.67. The predicted molar refractivity (Wildman–Crippen MR) is 174 cm³/mol. The maximum atomic E-state index is 4.69. The fraction of sp³-hybridized carbons (Fsp3) is 0.0769. The van der Waals surface area contributed by atoms with Crippen LogP contribution in [0, 0.1) is 0 Å². The molecule has 3 heteroatoms. The topological polar surface area (TPSA) is 29.0 Å². The number of hydrogen-bond donors (Lipinski definition) is 0. The van der Waals surface area contributed by atoms with Crippen LogP contribution in [0.25, 0.3) is 55.2 Å². The highest BCUT2D eigenvalue weighted by atomic mass is 15.2. The van der Waals surface area contributed by atoms with Crippen molar-refractivity contribution in [3.8, 4) is 33.6 Å². The molecule has 0 N–H and O–H groups in total. The summed E-state index contributed by atoms with van der Waals surface area (Å²) in [6.07, 6.45) is 3.57. The highest BCUT2D eigenvalue weighted by Crippen LogP contribution is 2.54. The minimum Gasteiger partial charge on any atom is -0.309 e. The van der Waals surface area contributed by atoms with Crippen LogP contribution in [-0.2, 0) is 5.41 Å². The lowest BCUT2D eigenvalue weighted by Gasteiger charge is -2.42. The van der Waals surface area contributed by atoms with Gasteiger partial charge in [-0.05, 0) is 51.2 Å². The largest absolute Gasteiger partial charge is 0.309 e. The Morgan fingerprint density at radius 2 is 0.976 bits per heavy atom. The summed E-state index contributed by atoms with van der Waals surface area (Å²) in [4.78, 5) is 11.8. The summed E-state index contributed by atoms with van der Waals surface area (Å²) in [5, 5.41) is 4.94. The van der Waals surface area contributed by atoms with E-state index < -0.39 is 0 Å². The third-order valence-electron chi connectivity index (χ3n) is 9.32. The highest BCUT2D eigenvalue weighted by Gasteiger charge is 2.37. The Morgan fingerprint density at radius 3 is 1.69 bits per heavy atom. The van der Waals surface area contributed by atoms with Crippen LogP contribution in [0.3, 0.4) is 0 Å². The molecule has 9 rings (SSSR count). The van der Waals surface area contributed by atoms with Gasteiger partial charge in [0.1, 0.15) is 0 Å². The highest BCUT2D eigenvalue weighted by molar-refractivity contribution is 6.19. The number of aromatic nitrogens is 2. The van der Waals surface area contributed by atoms with Crippen LogP contribution in [0.4, 0.5) is 17.1 Å². The van der Waals surface area contributed by atoms with E-state index in [1.165, 1.54) is 60.9 Å². The molecule has 2 aliphatic rings. The monoisotopic (exact) mass is 537 g/mol. The van der Waals surface area contributed by atoms with Gasteiger partial charge in [0.25, 0.3) is 0 Å². The van der Waals surface area contributed by atoms with Gasteiger partial charge in [0.2, 0.25) is 0 Å². The number of nitrogens with zero attached hydrogens (tertiary/aromatic N) is 3. The fourth-order valence-electron chi connectivity index (χ4n) is 7.41. The van der Waals surface area contributed by atoms with Crippen LogP contribution in [0.5, 0.6) is 0 Å². The van der Waals surface area contributed by atoms with Crippen molar-refractivity contribution in [3.63, 3.8) is 0 Å². The van der Waals surface area contributed by atoms with Crippen molar-refractivity contribution in [2.45, 2.75) is 19.3 Å². The third kappa shape index (κ3) is 3.00. The summed E-state index contributed by atoms with van der Waals surface area (Å²) >= 11 is 0. The van der Waals surface area contributed by atoms with E-state index in [9.17, 15) is 0 Å². The van der Waals surface area contributed by atoms with Crippen molar-refractivity contribution >= 4 is 38.6 Å². The molecule has 42 heavy (non-hydrogen) atoms. The molecule has 0 unspecified atom stereocenters. The molecular formula is C39H27N3. The minimum atomic E-state index is -0.0919. The Morgan fingerprint density at radius 1 is 0.452 bits per heavy atom. The predicted octanol–water partition coefficient (Wildman–Crippen LogP) is 10.2. The van der Waals surface area contributed by atoms with Crippen LogP contribution in [-0.4, -0.2) is 9.97 Å². The van der Waals surface area contributed by atoms with Crippen LogP contribution in [0.15, 0.2) is 128 Å². The number of fused-ring (bicyclic) bond motifs is 6. The van der Waals surface area contributed by atoms with Crippen LogP contribution in [0.2, 0.25) is 0 Å². The molecular weight excluding hydrogens is 510 g/mol. The van der Waals surface area contributed by atoms with Gasteiger partial charge in [-0.1, -0.05) is 111 Å². The van der Waals surface area contributed by atoms with Crippen molar-refractivity contribution < 1.29 is 0 Å². The number of benzene rings is 6. The molecule has 2 heterocycles. The first kappa shape index (κ1) is 23.4. The molecule has 0 radical (unpaired) electrons. The lowest BCUT2D eigenvalue weighted by Crippen LogP contribution is -2.30. The van der Waals surface area contributed by atoms with Crippen LogP contribution >= 0.6 is 0 Å². The minimum absolute atomic E-state index is 0.0919. The zero-order valence-electron chi connectivity index (χ0n) is 23.5. The Kier molecular flexibility index (Phi) is 4.67. The quantitative estimate of drug-likeness (QED) is 0.220. The summed E-state index contributed by atoms with van der Waals surface area (Å²) in [5.41, 5.74) is 13.0. The van der Waals surface area contributed by atoms with Crippen molar-refractivity contribution in [3.05, 3.63) is 139 Å². The second kappa shape index (κ2) is 8.37. The molecule has 198 valence electrons. The molecule has 0 fully saturated rings. The first-order chi connectivity index (χ1) is 20.6. The molecule has 0 spiro atoms. The second-order valence-electron chi connectivity index (χ2n) is 11.8. The molecule has 0 saturated heterocycles. The Balaban J connectivity index is 1.30. The van der Waals surface area contributed by atoms with E-state index in [2.05, 4.69) is 134 Å². The van der Waals surface area contributed by atoms with Crippen molar-refractivity contribution in [2.75, 3.05) is 4.90 Å². The average molecular weight is 538 g/mol. The van der Waals surface area contributed by atoms with Crippen molar-refractivity contribution in [1.82, 2.24) is 9.97 Å². The zero-order chi connectivity index (χ0) is 28.0. The second-order valence-corrected chi connectivity index (χ2v) is 11.8. The van der Waals surface area contributed by atoms with Gasteiger partial charge in [0.15, 0.2) is 0 Å². The zero-order valence-corrected chi connectivity index (χ0v) is 23.5. The molecule has 0 amide bonds. The van der Waals surface area contributed by atoms with E-state index >= 15 is 0 Å². The summed E-state index contributed by atoms with van der Waals surface area (Å²) in [5.74, 6) is 0. The van der Waals surface area contributed by atoms with Crippen LogP contribution in [0.1, 0.15) is 25.0 Å². The fourth-order valence-corrected chi connectivity index (χ4v) is 7.41. The summed E-state index contributed by atoms with van der Waals surface area (Å²) in [6, 6.07) is 42.2. The number of rotatable bonds is 2. The number of para-hydroxylation sites is 2. The average Bonchev–Trinajstić information content (AvgIpc) is 3.37. The smallest absolute Gasteiger partial charge is 0.0971 e. The van der Waals surface area contributed by atoms with E-state index in [-0.39, 0.29) is 5.41 Å². The van der Waals surface area contributed by atoms with Gasteiger partial charge in [-0.15, -0.1) is 0 Å². The van der Waals surface area contributed by atoms with Gasteiger partial charge in [0, 0.05) is 39.7 Å². The molecule has 3 nitrogen and oxygen atoms in total. The summed E-state index contributed by atoms with van der Waals surface area (Å²) in [7, 11) is 0. The maximum absolute atomic E-state index is 4.69. The van der Waals surface area contributed by atoms with Crippen molar-refractivity contribution in [1.29, 1.82) is 0 Å². The standard InChI is InChI=1S/C39H27N3/c1-39(2)31-14-5-7-16-34(31)42(35-17-8-6-15-32(35)39)33-21-20-25(24-10-3-4-11-27(24)33)26-18-19-30-36-28(26)12-9-13-29(36)37-38(30)41-23-22-40-37/h3-23H,1-2H3. The third-order valence-corrected chi connectivity index (χ3v) is 9.32.